The van der Waals surface area contributed by atoms with Crippen LogP contribution in [0.5, 0.6) is 0 Å². The predicted molar refractivity (Wildman–Crippen MR) is 100 cm³/mol. The first-order chi connectivity index (χ1) is 12.2. The lowest BCUT2D eigenvalue weighted by molar-refractivity contribution is -0.129. The summed E-state index contributed by atoms with van der Waals surface area (Å²) in [6.45, 7) is 0.788. The highest BCUT2D eigenvalue weighted by Crippen LogP contribution is 2.35. The first kappa shape index (κ1) is 16.0. The van der Waals surface area contributed by atoms with Gasteiger partial charge in [-0.15, -0.1) is 11.3 Å². The van der Waals surface area contributed by atoms with E-state index in [0.717, 1.165) is 41.9 Å². The number of hydrogen-bond acceptors (Lipinski definition) is 4. The lowest BCUT2D eigenvalue weighted by Crippen LogP contribution is -2.37. The fourth-order valence-electron chi connectivity index (χ4n) is 3.27. The molecule has 4 rings (SSSR count). The van der Waals surface area contributed by atoms with Crippen LogP contribution in [0.3, 0.4) is 0 Å². The molecule has 0 spiro atoms. The van der Waals surface area contributed by atoms with Crippen LogP contribution in [0.4, 0.5) is 0 Å². The van der Waals surface area contributed by atoms with Crippen LogP contribution in [0.25, 0.3) is 16.3 Å². The lowest BCUT2D eigenvalue weighted by atomic mass is 10.0. The Kier molecular flexibility index (Phi) is 4.36. The van der Waals surface area contributed by atoms with Crippen molar-refractivity contribution in [1.29, 1.82) is 0 Å². The van der Waals surface area contributed by atoms with Gasteiger partial charge in [0.05, 0.1) is 22.5 Å². The number of likely N-dealkylation sites (tertiary alicyclic amines) is 1. The second-order valence-corrected chi connectivity index (χ2v) is 7.41. The van der Waals surface area contributed by atoms with Crippen molar-refractivity contribution in [3.63, 3.8) is 0 Å². The lowest BCUT2D eigenvalue weighted by Gasteiger charge is -2.33. The summed E-state index contributed by atoms with van der Waals surface area (Å²) in [5.41, 5.74) is 1.95. The van der Waals surface area contributed by atoms with E-state index >= 15 is 0 Å². The molecule has 0 saturated carbocycles. The Morgan fingerprint density at radius 3 is 3.00 bits per heavy atom. The van der Waals surface area contributed by atoms with Gasteiger partial charge in [-0.25, -0.2) is 4.98 Å². The third-order valence-corrected chi connectivity index (χ3v) is 5.66. The Labute approximate surface area is 150 Å². The topological polar surface area (TPSA) is 51.0 Å². The van der Waals surface area contributed by atoms with Crippen molar-refractivity contribution < 1.29 is 4.79 Å². The van der Waals surface area contributed by atoms with Crippen LogP contribution >= 0.6 is 11.3 Å². The Morgan fingerprint density at radius 1 is 1.32 bits per heavy atom. The van der Waals surface area contributed by atoms with Crippen LogP contribution < -0.4 is 0 Å². The Bertz CT molecular complexity index is 893. The third kappa shape index (κ3) is 3.35. The molecule has 25 heavy (non-hydrogen) atoms. The van der Waals surface area contributed by atoms with Crippen LogP contribution in [-0.2, 0) is 11.8 Å². The number of carbonyl (C=O) groups excluding carboxylic acids is 1. The quantitative estimate of drug-likeness (QED) is 0.674. The van der Waals surface area contributed by atoms with E-state index in [-0.39, 0.29) is 11.9 Å². The van der Waals surface area contributed by atoms with E-state index in [1.807, 2.05) is 42.4 Å². The van der Waals surface area contributed by atoms with Crippen molar-refractivity contribution in [3.8, 4) is 0 Å². The summed E-state index contributed by atoms with van der Waals surface area (Å²) in [5.74, 6) is 0.0489. The van der Waals surface area contributed by atoms with E-state index in [4.69, 9.17) is 4.98 Å². The molecule has 2 aromatic heterocycles. The standard InChI is InChI=1S/C19H20N4OS/c1-22-13-14(12-20-22)9-10-18(24)23-11-5-4-7-16(23)19-21-15-6-2-3-8-17(15)25-19/h2-3,6,8-10,12-13,16H,4-5,7,11H2,1H3/b10-9+/t16-/m1/s1. The molecule has 3 heterocycles. The van der Waals surface area contributed by atoms with Crippen molar-refractivity contribution in [2.75, 3.05) is 6.54 Å². The fraction of sp³-hybridized carbons (Fsp3) is 0.316. The highest BCUT2D eigenvalue weighted by atomic mass is 32.1. The maximum absolute atomic E-state index is 12.8. The molecule has 1 aromatic carbocycles. The van der Waals surface area contributed by atoms with Gasteiger partial charge in [-0.05, 0) is 37.5 Å². The van der Waals surface area contributed by atoms with Gasteiger partial charge < -0.3 is 4.90 Å². The maximum Gasteiger partial charge on any atom is 0.247 e. The first-order valence-electron chi connectivity index (χ1n) is 8.53. The van der Waals surface area contributed by atoms with Gasteiger partial charge in [0, 0.05) is 31.4 Å². The molecular formula is C19H20N4OS. The van der Waals surface area contributed by atoms with Gasteiger partial charge in [0.2, 0.25) is 5.91 Å². The Balaban J connectivity index is 1.57. The minimum atomic E-state index is 0.0489. The second kappa shape index (κ2) is 6.80. The smallest absolute Gasteiger partial charge is 0.247 e. The molecule has 5 nitrogen and oxygen atoms in total. The van der Waals surface area contributed by atoms with Gasteiger partial charge >= 0.3 is 0 Å². The Morgan fingerprint density at radius 2 is 2.20 bits per heavy atom. The monoisotopic (exact) mass is 352 g/mol. The van der Waals surface area contributed by atoms with Crippen molar-refractivity contribution >= 4 is 33.5 Å². The van der Waals surface area contributed by atoms with Crippen LogP contribution in [0, 0.1) is 0 Å². The first-order valence-corrected chi connectivity index (χ1v) is 9.35. The largest absolute Gasteiger partial charge is 0.330 e. The molecule has 1 atom stereocenters. The van der Waals surface area contributed by atoms with Gasteiger partial charge in [0.1, 0.15) is 5.01 Å². The van der Waals surface area contributed by atoms with Crippen molar-refractivity contribution in [2.24, 2.45) is 7.05 Å². The van der Waals surface area contributed by atoms with E-state index in [9.17, 15) is 4.79 Å². The molecule has 6 heteroatoms. The van der Waals surface area contributed by atoms with Crippen LogP contribution in [0.2, 0.25) is 0 Å². The predicted octanol–water partition coefficient (Wildman–Crippen LogP) is 3.80. The molecule has 1 fully saturated rings. The number of carbonyl (C=O) groups is 1. The maximum atomic E-state index is 12.8. The van der Waals surface area contributed by atoms with Gasteiger partial charge in [0.25, 0.3) is 0 Å². The number of nitrogens with zero attached hydrogens (tertiary/aromatic N) is 4. The molecule has 1 saturated heterocycles. The fourth-order valence-corrected chi connectivity index (χ4v) is 4.39. The SMILES string of the molecule is Cn1cc(/C=C/C(=O)N2CCCC[C@@H]2c2nc3ccccc3s2)cn1. The van der Waals surface area contributed by atoms with Crippen LogP contribution in [0.15, 0.2) is 42.7 Å². The molecule has 1 aliphatic heterocycles. The van der Waals surface area contributed by atoms with Gasteiger partial charge in [-0.2, -0.15) is 5.10 Å². The molecule has 3 aromatic rings. The number of thiazole rings is 1. The van der Waals surface area contributed by atoms with E-state index < -0.39 is 0 Å². The number of aryl methyl sites for hydroxylation is 1. The molecule has 0 radical (unpaired) electrons. The highest BCUT2D eigenvalue weighted by Gasteiger charge is 2.29. The van der Waals surface area contributed by atoms with Crippen molar-refractivity contribution in [2.45, 2.75) is 25.3 Å². The van der Waals surface area contributed by atoms with E-state index in [0.29, 0.717) is 0 Å². The molecule has 0 N–H and O–H groups in total. The number of para-hydroxylation sites is 1. The summed E-state index contributed by atoms with van der Waals surface area (Å²) in [5, 5.41) is 5.17. The summed E-state index contributed by atoms with van der Waals surface area (Å²) < 4.78 is 2.91. The van der Waals surface area contributed by atoms with E-state index in [1.54, 1.807) is 28.3 Å². The molecule has 0 bridgehead atoms. The summed E-state index contributed by atoms with van der Waals surface area (Å²) in [4.78, 5) is 19.5. The summed E-state index contributed by atoms with van der Waals surface area (Å²) in [6, 6.07) is 8.24. The average Bonchev–Trinajstić information content (AvgIpc) is 3.25. The van der Waals surface area contributed by atoms with E-state index in [1.165, 1.54) is 4.70 Å². The van der Waals surface area contributed by atoms with Gasteiger partial charge in [-0.1, -0.05) is 12.1 Å². The Hall–Kier alpha value is -2.47. The van der Waals surface area contributed by atoms with Crippen LogP contribution in [-0.4, -0.2) is 32.1 Å². The number of piperidine rings is 1. The molecule has 1 aliphatic rings. The average molecular weight is 352 g/mol. The zero-order valence-corrected chi connectivity index (χ0v) is 14.9. The molecule has 1 amide bonds. The van der Waals surface area contributed by atoms with Crippen LogP contribution in [0.1, 0.15) is 35.9 Å². The molecule has 128 valence electrons. The number of benzene rings is 1. The zero-order valence-electron chi connectivity index (χ0n) is 14.1. The summed E-state index contributed by atoms with van der Waals surface area (Å²) in [7, 11) is 1.87. The van der Waals surface area contributed by atoms with Gasteiger partial charge in [0.15, 0.2) is 0 Å². The number of fused-ring (bicyclic) bond motifs is 1. The van der Waals surface area contributed by atoms with Crippen molar-refractivity contribution in [3.05, 3.63) is 53.3 Å². The normalized spacial score (nSPS) is 18.3. The number of amides is 1. The number of aromatic nitrogens is 3. The zero-order chi connectivity index (χ0) is 17.2. The summed E-state index contributed by atoms with van der Waals surface area (Å²) >= 11 is 1.70. The minimum absolute atomic E-state index is 0.0489. The molecule has 0 unspecified atom stereocenters. The second-order valence-electron chi connectivity index (χ2n) is 6.34. The summed E-state index contributed by atoms with van der Waals surface area (Å²) in [6.07, 6.45) is 10.3. The number of rotatable bonds is 3. The number of hydrogen-bond donors (Lipinski definition) is 0. The van der Waals surface area contributed by atoms with Gasteiger partial charge in [-0.3, -0.25) is 9.48 Å². The third-order valence-electron chi connectivity index (χ3n) is 4.52. The minimum Gasteiger partial charge on any atom is -0.330 e. The van der Waals surface area contributed by atoms with Crippen molar-refractivity contribution in [1.82, 2.24) is 19.7 Å². The molecular weight excluding hydrogens is 332 g/mol. The molecule has 0 aliphatic carbocycles. The van der Waals surface area contributed by atoms with E-state index in [2.05, 4.69) is 11.2 Å². The highest BCUT2D eigenvalue weighted by molar-refractivity contribution is 7.18.